The zero-order chi connectivity index (χ0) is 26.3. The van der Waals surface area contributed by atoms with Crippen LogP contribution in [0.25, 0.3) is 5.65 Å². The number of nitrogens with zero attached hydrogens (tertiary/aromatic N) is 8. The maximum atomic E-state index is 11.9. The number of piperazine rings is 1. The van der Waals surface area contributed by atoms with Gasteiger partial charge in [0.1, 0.15) is 6.07 Å². The van der Waals surface area contributed by atoms with E-state index in [9.17, 15) is 18.9 Å². The van der Waals surface area contributed by atoms with Crippen molar-refractivity contribution in [1.82, 2.24) is 28.8 Å². The van der Waals surface area contributed by atoms with Crippen molar-refractivity contribution in [3.8, 4) is 12.1 Å². The summed E-state index contributed by atoms with van der Waals surface area (Å²) in [6, 6.07) is 7.76. The summed E-state index contributed by atoms with van der Waals surface area (Å²) in [6.07, 6.45) is 4.71. The SMILES string of the molecule is CC(c1cc(C#N)cc(Nc2nc(NC3CC3)c3ncc(C#N)n3n2)c1Cl)N1CCN(S(C)(=O)=O)CC1. The van der Waals surface area contributed by atoms with Crippen LogP contribution in [0.2, 0.25) is 5.02 Å². The van der Waals surface area contributed by atoms with Gasteiger partial charge >= 0.3 is 0 Å². The number of hydrogen-bond acceptors (Lipinski definition) is 10. The summed E-state index contributed by atoms with van der Waals surface area (Å²) in [5.41, 5.74) is 2.30. The lowest BCUT2D eigenvalue weighted by atomic mass is 10.0. The van der Waals surface area contributed by atoms with E-state index in [1.54, 1.807) is 12.1 Å². The highest BCUT2D eigenvalue weighted by molar-refractivity contribution is 7.88. The van der Waals surface area contributed by atoms with Gasteiger partial charge in [-0.1, -0.05) is 11.6 Å². The van der Waals surface area contributed by atoms with E-state index < -0.39 is 10.0 Å². The van der Waals surface area contributed by atoms with Gasteiger partial charge in [0.2, 0.25) is 16.0 Å². The second-order valence-electron chi connectivity index (χ2n) is 9.23. The van der Waals surface area contributed by atoms with Crippen molar-refractivity contribution in [2.24, 2.45) is 0 Å². The third-order valence-corrected chi connectivity index (χ3v) is 8.34. The zero-order valence-electron chi connectivity index (χ0n) is 20.3. The standard InChI is InChI=1S/C23H25ClN10O2S/c1-14(32-5-7-33(8-6-32)37(2,35)36)18-9-15(11-25)10-19(20(18)24)29-23-30-21(28-16-3-4-16)22-27-13-17(12-26)34(22)31-23/h9-10,13-14,16H,3-8H2,1-2H3,(H2,28,29,30,31). The molecule has 0 bridgehead atoms. The molecule has 192 valence electrons. The number of nitriles is 2. The molecule has 3 aromatic rings. The van der Waals surface area contributed by atoms with E-state index in [4.69, 9.17) is 11.6 Å². The van der Waals surface area contributed by atoms with E-state index in [1.165, 1.54) is 21.3 Å². The van der Waals surface area contributed by atoms with Gasteiger partial charge < -0.3 is 10.6 Å². The zero-order valence-corrected chi connectivity index (χ0v) is 21.9. The van der Waals surface area contributed by atoms with Crippen molar-refractivity contribution in [1.29, 1.82) is 10.5 Å². The molecule has 0 amide bonds. The number of imidazole rings is 1. The molecular weight excluding hydrogens is 516 g/mol. The van der Waals surface area contributed by atoms with Crippen LogP contribution in [0.3, 0.4) is 0 Å². The highest BCUT2D eigenvalue weighted by atomic mass is 35.5. The van der Waals surface area contributed by atoms with E-state index in [0.717, 1.165) is 18.4 Å². The first kappa shape index (κ1) is 25.2. The minimum atomic E-state index is -3.24. The highest BCUT2D eigenvalue weighted by Crippen LogP contribution is 2.36. The first-order valence-corrected chi connectivity index (χ1v) is 14.0. The molecule has 0 spiro atoms. The van der Waals surface area contributed by atoms with Crippen LogP contribution in [0.15, 0.2) is 18.3 Å². The Bertz CT molecular complexity index is 1550. The Balaban J connectivity index is 1.46. The first-order valence-electron chi connectivity index (χ1n) is 11.8. The predicted molar refractivity (Wildman–Crippen MR) is 138 cm³/mol. The molecule has 2 aliphatic rings. The molecule has 2 fully saturated rings. The van der Waals surface area contributed by atoms with Crippen LogP contribution in [-0.4, -0.2) is 75.7 Å². The molecule has 14 heteroatoms. The lowest BCUT2D eigenvalue weighted by Crippen LogP contribution is -2.48. The lowest BCUT2D eigenvalue weighted by Gasteiger charge is -2.37. The van der Waals surface area contributed by atoms with E-state index in [-0.39, 0.29) is 17.7 Å². The molecule has 1 unspecified atom stereocenters. The first-order chi connectivity index (χ1) is 17.7. The second-order valence-corrected chi connectivity index (χ2v) is 11.6. The molecule has 12 nitrogen and oxygen atoms in total. The van der Waals surface area contributed by atoms with Gasteiger partial charge in [0.25, 0.3) is 0 Å². The Kier molecular flexibility index (Phi) is 6.64. The number of hydrogen-bond donors (Lipinski definition) is 2. The maximum absolute atomic E-state index is 11.9. The van der Waals surface area contributed by atoms with E-state index in [2.05, 4.69) is 42.7 Å². The summed E-state index contributed by atoms with van der Waals surface area (Å²) < 4.78 is 26.6. The Labute approximate surface area is 219 Å². The van der Waals surface area contributed by atoms with E-state index in [1.807, 2.05) is 6.92 Å². The lowest BCUT2D eigenvalue weighted by molar-refractivity contribution is 0.146. The normalized spacial score (nSPS) is 17.8. The van der Waals surface area contributed by atoms with Crippen molar-refractivity contribution in [3.63, 3.8) is 0 Å². The summed E-state index contributed by atoms with van der Waals surface area (Å²) >= 11 is 6.85. The fourth-order valence-electron chi connectivity index (χ4n) is 4.37. The Hall–Kier alpha value is -3.49. The third-order valence-electron chi connectivity index (χ3n) is 6.61. The molecule has 1 aliphatic heterocycles. The van der Waals surface area contributed by atoms with E-state index >= 15 is 0 Å². The van der Waals surface area contributed by atoms with Crippen LogP contribution in [-0.2, 0) is 10.0 Å². The number of anilines is 3. The highest BCUT2D eigenvalue weighted by Gasteiger charge is 2.29. The molecule has 5 rings (SSSR count). The van der Waals surface area contributed by atoms with Crippen molar-refractivity contribution in [3.05, 3.63) is 40.2 Å². The number of benzene rings is 1. The topological polar surface area (TPSA) is 155 Å². The third kappa shape index (κ3) is 5.17. The molecular formula is C23H25ClN10O2S. The van der Waals surface area contributed by atoms with Gasteiger partial charge in [-0.3, -0.25) is 4.90 Å². The van der Waals surface area contributed by atoms with Crippen LogP contribution in [0.1, 0.15) is 42.6 Å². The van der Waals surface area contributed by atoms with Gasteiger partial charge in [0.05, 0.1) is 34.8 Å². The minimum absolute atomic E-state index is 0.169. The van der Waals surface area contributed by atoms with Crippen LogP contribution in [0, 0.1) is 22.7 Å². The van der Waals surface area contributed by atoms with Crippen LogP contribution < -0.4 is 10.6 Å². The maximum Gasteiger partial charge on any atom is 0.247 e. The summed E-state index contributed by atoms with van der Waals surface area (Å²) in [4.78, 5) is 11.0. The van der Waals surface area contributed by atoms with Crippen molar-refractivity contribution < 1.29 is 8.42 Å². The summed E-state index contributed by atoms with van der Waals surface area (Å²) in [7, 11) is -3.24. The van der Waals surface area contributed by atoms with Crippen molar-refractivity contribution in [2.45, 2.75) is 31.8 Å². The number of halogens is 1. The molecule has 1 saturated carbocycles. The molecule has 0 radical (unpaired) electrons. The van der Waals surface area contributed by atoms with Crippen molar-refractivity contribution >= 4 is 44.7 Å². The molecule has 37 heavy (non-hydrogen) atoms. The van der Waals surface area contributed by atoms with Crippen LogP contribution >= 0.6 is 11.6 Å². The number of sulfonamides is 1. The monoisotopic (exact) mass is 540 g/mol. The Morgan fingerprint density at radius 1 is 1.16 bits per heavy atom. The predicted octanol–water partition coefficient (Wildman–Crippen LogP) is 2.48. The fraction of sp³-hybridized carbons (Fsp3) is 0.435. The second kappa shape index (κ2) is 9.76. The quantitative estimate of drug-likeness (QED) is 0.456. The van der Waals surface area contributed by atoms with Gasteiger partial charge in [-0.15, -0.1) is 5.10 Å². The van der Waals surface area contributed by atoms with Crippen molar-refractivity contribution in [2.75, 3.05) is 43.1 Å². The van der Waals surface area contributed by atoms with Gasteiger partial charge in [0, 0.05) is 38.3 Å². The summed E-state index contributed by atoms with van der Waals surface area (Å²) in [5.74, 6) is 0.703. The molecule has 2 aromatic heterocycles. The van der Waals surface area contributed by atoms with Gasteiger partial charge in [-0.05, 0) is 37.5 Å². The number of fused-ring (bicyclic) bond motifs is 1. The minimum Gasteiger partial charge on any atom is -0.364 e. The number of rotatable bonds is 7. The molecule has 3 heterocycles. The molecule has 2 N–H and O–H groups in total. The number of aromatic nitrogens is 4. The largest absolute Gasteiger partial charge is 0.364 e. The molecule has 1 aromatic carbocycles. The smallest absolute Gasteiger partial charge is 0.247 e. The average Bonchev–Trinajstić information content (AvgIpc) is 3.60. The summed E-state index contributed by atoms with van der Waals surface area (Å²) in [5, 5.41) is 30.5. The van der Waals surface area contributed by atoms with Crippen LogP contribution in [0.4, 0.5) is 17.5 Å². The van der Waals surface area contributed by atoms with Gasteiger partial charge in [-0.2, -0.15) is 24.3 Å². The Morgan fingerprint density at radius 2 is 1.89 bits per heavy atom. The molecule has 1 saturated heterocycles. The number of nitrogens with one attached hydrogen (secondary N) is 2. The fourth-order valence-corrected chi connectivity index (χ4v) is 5.52. The van der Waals surface area contributed by atoms with E-state index in [0.29, 0.717) is 60.0 Å². The molecule has 1 aliphatic carbocycles. The molecule has 1 atom stereocenters. The average molecular weight is 541 g/mol. The van der Waals surface area contributed by atoms with Gasteiger partial charge in [-0.25, -0.2) is 13.4 Å². The summed E-state index contributed by atoms with van der Waals surface area (Å²) in [6.45, 7) is 3.84. The van der Waals surface area contributed by atoms with Gasteiger partial charge in [0.15, 0.2) is 17.2 Å². The van der Waals surface area contributed by atoms with Crippen LogP contribution in [0.5, 0.6) is 0 Å². The Morgan fingerprint density at radius 3 is 2.51 bits per heavy atom.